The molecule has 0 N–H and O–H groups in total. The molecule has 0 atom stereocenters. The summed E-state index contributed by atoms with van der Waals surface area (Å²) in [7, 11) is 0. The van der Waals surface area contributed by atoms with Gasteiger partial charge in [-0.3, -0.25) is 9.69 Å². The minimum Gasteiger partial charge on any atom is -0.340 e. The highest BCUT2D eigenvalue weighted by atomic mass is 79.9. The zero-order valence-electron chi connectivity index (χ0n) is 12.5. The van der Waals surface area contributed by atoms with E-state index in [0.717, 1.165) is 36.2 Å². The highest BCUT2D eigenvalue weighted by molar-refractivity contribution is 9.10. The average Bonchev–Trinajstić information content (AvgIpc) is 2.38. The maximum atomic E-state index is 12.3. The summed E-state index contributed by atoms with van der Waals surface area (Å²) in [5.74, 6) is 0.233. The summed E-state index contributed by atoms with van der Waals surface area (Å²) in [4.78, 5) is 16.8. The maximum absolute atomic E-state index is 12.3. The van der Waals surface area contributed by atoms with Crippen molar-refractivity contribution < 1.29 is 4.79 Å². The van der Waals surface area contributed by atoms with Crippen LogP contribution in [0.25, 0.3) is 0 Å². The lowest BCUT2D eigenvalue weighted by molar-refractivity contribution is -0.133. The molecule has 1 aliphatic rings. The van der Waals surface area contributed by atoms with Gasteiger partial charge in [0.2, 0.25) is 5.91 Å². The standard InChI is InChI=1S/C16H23BrN2O/c1-16(2,3)19-9-7-18(8-10-19)15(20)12-13-5-4-6-14(17)11-13/h4-6,11H,7-10,12H2,1-3H3. The molecule has 1 aromatic rings. The first-order valence-corrected chi connectivity index (χ1v) is 7.93. The molecule has 1 fully saturated rings. The molecule has 1 aromatic carbocycles. The van der Waals surface area contributed by atoms with Crippen LogP contribution in [-0.2, 0) is 11.2 Å². The molecule has 1 saturated heterocycles. The minimum atomic E-state index is 0.194. The Bertz CT molecular complexity index is 474. The molecule has 4 heteroatoms. The number of carbonyl (C=O) groups excluding carboxylic acids is 1. The second kappa shape index (κ2) is 6.27. The number of rotatable bonds is 2. The van der Waals surface area contributed by atoms with Crippen LogP contribution in [0.5, 0.6) is 0 Å². The van der Waals surface area contributed by atoms with Crippen LogP contribution >= 0.6 is 15.9 Å². The first-order valence-electron chi connectivity index (χ1n) is 7.13. The van der Waals surface area contributed by atoms with Crippen molar-refractivity contribution in [3.05, 3.63) is 34.3 Å². The zero-order valence-corrected chi connectivity index (χ0v) is 14.1. The quantitative estimate of drug-likeness (QED) is 0.827. The molecule has 1 aliphatic heterocycles. The van der Waals surface area contributed by atoms with Crippen molar-refractivity contribution in [3.8, 4) is 0 Å². The Balaban J connectivity index is 1.89. The highest BCUT2D eigenvalue weighted by Crippen LogP contribution is 2.17. The number of halogens is 1. The molecule has 1 amide bonds. The van der Waals surface area contributed by atoms with Gasteiger partial charge in [0.1, 0.15) is 0 Å². The molecule has 0 saturated carbocycles. The Hall–Kier alpha value is -0.870. The van der Waals surface area contributed by atoms with Crippen LogP contribution in [0.2, 0.25) is 0 Å². The Kier molecular flexibility index (Phi) is 4.86. The molecular formula is C16H23BrN2O. The van der Waals surface area contributed by atoms with Crippen molar-refractivity contribution in [3.63, 3.8) is 0 Å². The van der Waals surface area contributed by atoms with E-state index >= 15 is 0 Å². The number of piperazine rings is 1. The molecule has 0 unspecified atom stereocenters. The van der Waals surface area contributed by atoms with E-state index in [1.54, 1.807) is 0 Å². The largest absolute Gasteiger partial charge is 0.340 e. The van der Waals surface area contributed by atoms with Gasteiger partial charge in [0, 0.05) is 36.2 Å². The SMILES string of the molecule is CC(C)(C)N1CCN(C(=O)Cc2cccc(Br)c2)CC1. The molecule has 110 valence electrons. The summed E-state index contributed by atoms with van der Waals surface area (Å²) in [6.45, 7) is 10.3. The van der Waals surface area contributed by atoms with Gasteiger partial charge in [0.25, 0.3) is 0 Å². The topological polar surface area (TPSA) is 23.6 Å². The average molecular weight is 339 g/mol. The van der Waals surface area contributed by atoms with Crippen LogP contribution in [0.4, 0.5) is 0 Å². The van der Waals surface area contributed by atoms with Gasteiger partial charge in [-0.2, -0.15) is 0 Å². The van der Waals surface area contributed by atoms with E-state index in [1.807, 2.05) is 29.2 Å². The van der Waals surface area contributed by atoms with E-state index in [1.165, 1.54) is 0 Å². The van der Waals surface area contributed by atoms with Crippen molar-refractivity contribution in [1.29, 1.82) is 0 Å². The predicted octanol–water partition coefficient (Wildman–Crippen LogP) is 2.93. The van der Waals surface area contributed by atoms with E-state index in [2.05, 4.69) is 41.6 Å². The summed E-state index contributed by atoms with van der Waals surface area (Å²) in [5.41, 5.74) is 1.27. The third-order valence-corrected chi connectivity index (χ3v) is 4.32. The van der Waals surface area contributed by atoms with Gasteiger partial charge in [-0.25, -0.2) is 0 Å². The highest BCUT2D eigenvalue weighted by Gasteiger charge is 2.27. The summed E-state index contributed by atoms with van der Waals surface area (Å²) in [6.07, 6.45) is 0.495. The molecule has 3 nitrogen and oxygen atoms in total. The van der Waals surface area contributed by atoms with Gasteiger partial charge in [0.05, 0.1) is 6.42 Å². The lowest BCUT2D eigenvalue weighted by atomic mass is 10.0. The van der Waals surface area contributed by atoms with Gasteiger partial charge in [0.15, 0.2) is 0 Å². The number of hydrogen-bond donors (Lipinski definition) is 0. The summed E-state index contributed by atoms with van der Waals surface area (Å²) >= 11 is 3.45. The molecular weight excluding hydrogens is 316 g/mol. The Morgan fingerprint density at radius 3 is 2.40 bits per heavy atom. The second-order valence-corrected chi connectivity index (χ2v) is 7.26. The third-order valence-electron chi connectivity index (χ3n) is 3.83. The fraction of sp³-hybridized carbons (Fsp3) is 0.562. The number of amides is 1. The maximum Gasteiger partial charge on any atom is 0.227 e. The van der Waals surface area contributed by atoms with Gasteiger partial charge in [-0.1, -0.05) is 28.1 Å². The Morgan fingerprint density at radius 2 is 1.85 bits per heavy atom. The number of hydrogen-bond acceptors (Lipinski definition) is 2. The van der Waals surface area contributed by atoms with E-state index < -0.39 is 0 Å². The lowest BCUT2D eigenvalue weighted by Gasteiger charge is -2.42. The van der Waals surface area contributed by atoms with Crippen LogP contribution in [0, 0.1) is 0 Å². The van der Waals surface area contributed by atoms with Gasteiger partial charge in [-0.05, 0) is 38.5 Å². The van der Waals surface area contributed by atoms with Crippen molar-refractivity contribution >= 4 is 21.8 Å². The smallest absolute Gasteiger partial charge is 0.227 e. The van der Waals surface area contributed by atoms with Crippen LogP contribution in [0.15, 0.2) is 28.7 Å². The fourth-order valence-corrected chi connectivity index (χ4v) is 3.01. The van der Waals surface area contributed by atoms with Crippen molar-refractivity contribution in [2.75, 3.05) is 26.2 Å². The molecule has 0 radical (unpaired) electrons. The molecule has 20 heavy (non-hydrogen) atoms. The van der Waals surface area contributed by atoms with Crippen LogP contribution < -0.4 is 0 Å². The van der Waals surface area contributed by atoms with Gasteiger partial charge >= 0.3 is 0 Å². The van der Waals surface area contributed by atoms with E-state index in [4.69, 9.17) is 0 Å². The van der Waals surface area contributed by atoms with Crippen LogP contribution in [-0.4, -0.2) is 47.4 Å². The van der Waals surface area contributed by atoms with E-state index in [-0.39, 0.29) is 11.4 Å². The van der Waals surface area contributed by atoms with E-state index in [0.29, 0.717) is 6.42 Å². The zero-order chi connectivity index (χ0) is 14.8. The predicted molar refractivity (Wildman–Crippen MR) is 85.8 cm³/mol. The minimum absolute atomic E-state index is 0.194. The summed E-state index contributed by atoms with van der Waals surface area (Å²) in [5, 5.41) is 0. The molecule has 0 bridgehead atoms. The second-order valence-electron chi connectivity index (χ2n) is 6.35. The Labute approximate surface area is 130 Å². The van der Waals surface area contributed by atoms with Gasteiger partial charge < -0.3 is 4.90 Å². The van der Waals surface area contributed by atoms with Crippen LogP contribution in [0.1, 0.15) is 26.3 Å². The van der Waals surface area contributed by atoms with Crippen molar-refractivity contribution in [2.45, 2.75) is 32.7 Å². The monoisotopic (exact) mass is 338 g/mol. The first kappa shape index (κ1) is 15.5. The number of carbonyl (C=O) groups is 1. The van der Waals surface area contributed by atoms with Crippen LogP contribution in [0.3, 0.4) is 0 Å². The molecule has 0 spiro atoms. The molecule has 1 heterocycles. The summed E-state index contributed by atoms with van der Waals surface area (Å²) in [6, 6.07) is 7.98. The van der Waals surface area contributed by atoms with Crippen molar-refractivity contribution in [1.82, 2.24) is 9.80 Å². The molecule has 0 aliphatic carbocycles. The Morgan fingerprint density at radius 1 is 1.20 bits per heavy atom. The normalized spacial score (nSPS) is 17.3. The summed E-state index contributed by atoms with van der Waals surface area (Å²) < 4.78 is 1.03. The first-order chi connectivity index (χ1) is 9.36. The van der Waals surface area contributed by atoms with E-state index in [9.17, 15) is 4.79 Å². The third kappa shape index (κ3) is 4.06. The molecule has 0 aromatic heterocycles. The van der Waals surface area contributed by atoms with Crippen molar-refractivity contribution in [2.24, 2.45) is 0 Å². The number of benzene rings is 1. The lowest BCUT2D eigenvalue weighted by Crippen LogP contribution is -2.54. The molecule has 2 rings (SSSR count). The fourth-order valence-electron chi connectivity index (χ4n) is 2.56. The number of nitrogens with zero attached hydrogens (tertiary/aromatic N) is 2. The van der Waals surface area contributed by atoms with Gasteiger partial charge in [-0.15, -0.1) is 0 Å².